The molecule has 12 heavy (non-hydrogen) atoms. The molecule has 0 saturated heterocycles. The quantitative estimate of drug-likeness (QED) is 0.697. The molecule has 0 amide bonds. The monoisotopic (exact) mass is 172 g/mol. The van der Waals surface area contributed by atoms with Gasteiger partial charge in [-0.2, -0.15) is 5.10 Å². The average Bonchev–Trinajstić information content (AvgIpc) is 2.37. The summed E-state index contributed by atoms with van der Waals surface area (Å²) in [4.78, 5) is 3.91. The van der Waals surface area contributed by atoms with Gasteiger partial charge in [-0.25, -0.2) is 9.37 Å². The van der Waals surface area contributed by atoms with Crippen LogP contribution in [-0.4, -0.2) is 27.5 Å². The van der Waals surface area contributed by atoms with Crippen molar-refractivity contribution in [3.63, 3.8) is 0 Å². The minimum Gasteiger partial charge on any atom is -0.330 e. The maximum absolute atomic E-state index is 13.0. The second-order valence-corrected chi connectivity index (χ2v) is 2.68. The largest absolute Gasteiger partial charge is 0.330 e. The van der Waals surface area contributed by atoms with Gasteiger partial charge < -0.3 is 5.73 Å². The van der Waals surface area contributed by atoms with Gasteiger partial charge in [-0.3, -0.25) is 4.68 Å². The average molecular weight is 172 g/mol. The van der Waals surface area contributed by atoms with E-state index in [0.717, 1.165) is 0 Å². The smallest absolute Gasteiger partial charge is 0.138 e. The molecule has 0 fully saturated rings. The molecule has 1 unspecified atom stereocenters. The van der Waals surface area contributed by atoms with Gasteiger partial charge in [-0.1, -0.05) is 0 Å². The predicted molar refractivity (Wildman–Crippen MR) is 43.3 cm³/mol. The maximum Gasteiger partial charge on any atom is 0.138 e. The van der Waals surface area contributed by atoms with E-state index in [1.807, 2.05) is 0 Å². The van der Waals surface area contributed by atoms with Crippen molar-refractivity contribution in [2.24, 2.45) is 12.8 Å². The van der Waals surface area contributed by atoms with Crippen molar-refractivity contribution in [3.05, 3.63) is 12.2 Å². The third-order valence-corrected chi connectivity index (χ3v) is 1.69. The number of aryl methyl sites for hydroxylation is 1. The fourth-order valence-electron chi connectivity index (χ4n) is 0.986. The summed E-state index contributed by atoms with van der Waals surface area (Å²) in [6, 6.07) is 0. The molecular weight excluding hydrogens is 159 g/mol. The van der Waals surface area contributed by atoms with Gasteiger partial charge in [0.2, 0.25) is 0 Å². The van der Waals surface area contributed by atoms with Gasteiger partial charge in [-0.15, -0.1) is 0 Å². The Kier molecular flexibility index (Phi) is 3.16. The van der Waals surface area contributed by atoms with E-state index in [1.54, 1.807) is 11.7 Å². The fourth-order valence-corrected chi connectivity index (χ4v) is 0.986. The summed E-state index contributed by atoms with van der Waals surface area (Å²) < 4.78 is 14.6. The molecular formula is C7H13FN4. The first-order chi connectivity index (χ1) is 5.74. The highest BCUT2D eigenvalue weighted by Gasteiger charge is 2.09. The van der Waals surface area contributed by atoms with E-state index in [9.17, 15) is 4.39 Å². The Balaban J connectivity index is 2.46. The molecule has 1 heterocycles. The van der Waals surface area contributed by atoms with Crippen LogP contribution in [0, 0.1) is 0 Å². The van der Waals surface area contributed by atoms with Gasteiger partial charge in [-0.05, 0) is 13.0 Å². The molecule has 0 radical (unpaired) electrons. The molecule has 0 bridgehead atoms. The molecule has 0 aliphatic carbocycles. The zero-order chi connectivity index (χ0) is 8.97. The van der Waals surface area contributed by atoms with Crippen LogP contribution < -0.4 is 5.73 Å². The number of halogens is 1. The Morgan fingerprint density at radius 2 is 2.50 bits per heavy atom. The molecule has 4 nitrogen and oxygen atoms in total. The van der Waals surface area contributed by atoms with Gasteiger partial charge in [0.15, 0.2) is 0 Å². The molecule has 1 aromatic rings. The molecule has 0 spiro atoms. The SMILES string of the molecule is Cn1ncnc1CC(F)CCN. The van der Waals surface area contributed by atoms with Crippen molar-refractivity contribution in [1.29, 1.82) is 0 Å². The first-order valence-electron chi connectivity index (χ1n) is 3.91. The van der Waals surface area contributed by atoms with Crippen LogP contribution in [0.25, 0.3) is 0 Å². The zero-order valence-corrected chi connectivity index (χ0v) is 7.07. The van der Waals surface area contributed by atoms with Gasteiger partial charge in [0, 0.05) is 13.5 Å². The summed E-state index contributed by atoms with van der Waals surface area (Å²) >= 11 is 0. The van der Waals surface area contributed by atoms with Crippen molar-refractivity contribution in [2.45, 2.75) is 19.0 Å². The molecule has 1 aromatic heterocycles. The number of aromatic nitrogens is 3. The van der Waals surface area contributed by atoms with E-state index in [4.69, 9.17) is 5.73 Å². The van der Waals surface area contributed by atoms with Crippen LogP contribution in [0.2, 0.25) is 0 Å². The van der Waals surface area contributed by atoms with Gasteiger partial charge in [0.1, 0.15) is 18.3 Å². The Morgan fingerprint density at radius 1 is 1.75 bits per heavy atom. The maximum atomic E-state index is 13.0. The Hall–Kier alpha value is -0.970. The minimum absolute atomic E-state index is 0.299. The molecule has 2 N–H and O–H groups in total. The van der Waals surface area contributed by atoms with E-state index in [0.29, 0.717) is 25.2 Å². The number of rotatable bonds is 4. The van der Waals surface area contributed by atoms with Crippen molar-refractivity contribution >= 4 is 0 Å². The van der Waals surface area contributed by atoms with Crippen LogP contribution in [0.3, 0.4) is 0 Å². The lowest BCUT2D eigenvalue weighted by Crippen LogP contribution is -2.14. The summed E-state index contributed by atoms with van der Waals surface area (Å²) in [7, 11) is 1.75. The minimum atomic E-state index is -0.905. The van der Waals surface area contributed by atoms with Crippen LogP contribution in [-0.2, 0) is 13.5 Å². The highest BCUT2D eigenvalue weighted by Crippen LogP contribution is 2.04. The number of hydrogen-bond donors (Lipinski definition) is 1. The van der Waals surface area contributed by atoms with E-state index in [-0.39, 0.29) is 0 Å². The fraction of sp³-hybridized carbons (Fsp3) is 0.714. The van der Waals surface area contributed by atoms with Crippen LogP contribution in [0.4, 0.5) is 4.39 Å². The van der Waals surface area contributed by atoms with E-state index < -0.39 is 6.17 Å². The van der Waals surface area contributed by atoms with E-state index in [1.165, 1.54) is 6.33 Å². The molecule has 68 valence electrons. The number of nitrogens with two attached hydrogens (primary N) is 1. The highest BCUT2D eigenvalue weighted by atomic mass is 19.1. The van der Waals surface area contributed by atoms with Crippen LogP contribution in [0.5, 0.6) is 0 Å². The molecule has 1 atom stereocenters. The van der Waals surface area contributed by atoms with Gasteiger partial charge >= 0.3 is 0 Å². The zero-order valence-electron chi connectivity index (χ0n) is 7.07. The van der Waals surface area contributed by atoms with E-state index in [2.05, 4.69) is 10.1 Å². The predicted octanol–water partition coefficient (Wildman–Crippen LogP) is 0.0445. The lowest BCUT2D eigenvalue weighted by atomic mass is 10.2. The third-order valence-electron chi connectivity index (χ3n) is 1.69. The van der Waals surface area contributed by atoms with Crippen molar-refractivity contribution in [1.82, 2.24) is 14.8 Å². The van der Waals surface area contributed by atoms with Crippen LogP contribution >= 0.6 is 0 Å². The summed E-state index contributed by atoms with van der Waals surface area (Å²) in [5, 5.41) is 3.84. The molecule has 0 aromatic carbocycles. The van der Waals surface area contributed by atoms with Crippen LogP contribution in [0.1, 0.15) is 12.2 Å². The molecule has 0 aliphatic rings. The van der Waals surface area contributed by atoms with Crippen molar-refractivity contribution in [3.8, 4) is 0 Å². The van der Waals surface area contributed by atoms with Crippen molar-refractivity contribution < 1.29 is 4.39 Å². The van der Waals surface area contributed by atoms with Crippen molar-refractivity contribution in [2.75, 3.05) is 6.54 Å². The molecule has 0 aliphatic heterocycles. The normalized spacial score (nSPS) is 13.2. The Bertz CT molecular complexity index is 235. The third kappa shape index (κ3) is 2.27. The number of alkyl halides is 1. The number of nitrogens with zero attached hydrogens (tertiary/aromatic N) is 3. The topological polar surface area (TPSA) is 56.7 Å². The molecule has 1 rings (SSSR count). The highest BCUT2D eigenvalue weighted by molar-refractivity contribution is 4.86. The summed E-state index contributed by atoms with van der Waals surface area (Å²) in [6.07, 6.45) is 1.20. The second kappa shape index (κ2) is 4.15. The molecule has 5 heteroatoms. The first kappa shape index (κ1) is 9.12. The second-order valence-electron chi connectivity index (χ2n) is 2.68. The standard InChI is InChI=1S/C7H13FN4/c1-12-7(10-5-11-12)4-6(8)2-3-9/h5-6H,2-4,9H2,1H3. The summed E-state index contributed by atoms with van der Waals surface area (Å²) in [5.41, 5.74) is 5.21. The molecule has 0 saturated carbocycles. The lowest BCUT2D eigenvalue weighted by molar-refractivity contribution is 0.309. The Morgan fingerprint density at radius 3 is 3.00 bits per heavy atom. The first-order valence-corrected chi connectivity index (χ1v) is 3.91. The van der Waals surface area contributed by atoms with Gasteiger partial charge in [0.05, 0.1) is 0 Å². The van der Waals surface area contributed by atoms with Gasteiger partial charge in [0.25, 0.3) is 0 Å². The summed E-state index contributed by atoms with van der Waals surface area (Å²) in [5.74, 6) is 0.663. The van der Waals surface area contributed by atoms with Crippen LogP contribution in [0.15, 0.2) is 6.33 Å². The number of hydrogen-bond acceptors (Lipinski definition) is 3. The van der Waals surface area contributed by atoms with E-state index >= 15 is 0 Å². The Labute approximate surface area is 70.6 Å². The summed E-state index contributed by atoms with van der Waals surface area (Å²) in [6.45, 7) is 0.374. The lowest BCUT2D eigenvalue weighted by Gasteiger charge is -2.04.